The number of hydrogen-bond donors (Lipinski definition) is 0. The molecule has 7 nitrogen and oxygen atoms in total. The summed E-state index contributed by atoms with van der Waals surface area (Å²) < 4.78 is 0.717. The number of anilines is 1. The lowest BCUT2D eigenvalue weighted by Gasteiger charge is -2.24. The largest absolute Gasteiger partial charge is 0.367 e. The molecule has 0 aliphatic heterocycles. The van der Waals surface area contributed by atoms with Crippen molar-refractivity contribution >= 4 is 43.7 Å². The Kier molecular flexibility index (Phi) is 5.99. The zero-order valence-electron chi connectivity index (χ0n) is 17.2. The first-order chi connectivity index (χ1) is 15.0. The second-order valence-electron chi connectivity index (χ2n) is 7.08. The molecular weight excluding hydrogens is 410 g/mol. The van der Waals surface area contributed by atoms with Crippen molar-refractivity contribution in [2.24, 2.45) is 10.2 Å². The van der Waals surface area contributed by atoms with Crippen molar-refractivity contribution in [3.8, 4) is 0 Å². The van der Waals surface area contributed by atoms with Crippen LogP contribution in [-0.2, 0) is 6.54 Å². The molecule has 1 aromatic heterocycles. The lowest BCUT2D eigenvalue weighted by molar-refractivity contribution is -0.384. The van der Waals surface area contributed by atoms with Gasteiger partial charge in [-0.05, 0) is 49.2 Å². The third-order valence-corrected chi connectivity index (χ3v) is 5.86. The molecule has 0 saturated heterocycles. The van der Waals surface area contributed by atoms with E-state index >= 15 is 0 Å². The Balaban J connectivity index is 1.53. The number of nitro groups is 1. The fraction of sp³-hybridized carbons (Fsp3) is 0.174. The van der Waals surface area contributed by atoms with Crippen molar-refractivity contribution in [2.75, 3.05) is 11.4 Å². The quantitative estimate of drug-likeness (QED) is 0.180. The van der Waals surface area contributed by atoms with E-state index in [0.29, 0.717) is 10.6 Å². The van der Waals surface area contributed by atoms with E-state index in [-0.39, 0.29) is 5.69 Å². The van der Waals surface area contributed by atoms with Gasteiger partial charge >= 0.3 is 0 Å². The van der Waals surface area contributed by atoms with Crippen molar-refractivity contribution in [1.29, 1.82) is 0 Å². The molecule has 0 aliphatic rings. The smallest absolute Gasteiger partial charge is 0.270 e. The van der Waals surface area contributed by atoms with E-state index < -0.39 is 4.92 Å². The molecule has 0 aliphatic carbocycles. The molecule has 156 valence electrons. The SMILES string of the molecule is CCN(Cc1ccccc1)c1ccc(N=Nc2nc3ccc([N+](=O)[O-])cc3s2)c(C)c1. The van der Waals surface area contributed by atoms with Gasteiger partial charge in [0.1, 0.15) is 0 Å². The Bertz CT molecular complexity index is 1250. The van der Waals surface area contributed by atoms with Crippen LogP contribution in [0.1, 0.15) is 18.1 Å². The number of azo groups is 1. The molecule has 31 heavy (non-hydrogen) atoms. The number of nitrogens with zero attached hydrogens (tertiary/aromatic N) is 5. The Morgan fingerprint density at radius 1 is 1.06 bits per heavy atom. The molecule has 0 amide bonds. The number of hydrogen-bond acceptors (Lipinski definition) is 7. The normalized spacial score (nSPS) is 11.3. The van der Waals surface area contributed by atoms with Crippen molar-refractivity contribution in [3.63, 3.8) is 0 Å². The topological polar surface area (TPSA) is 84.0 Å². The Labute approximate surface area is 183 Å². The zero-order valence-corrected chi connectivity index (χ0v) is 18.0. The number of thiazole rings is 1. The summed E-state index contributed by atoms with van der Waals surface area (Å²) in [6, 6.07) is 21.1. The van der Waals surface area contributed by atoms with Crippen molar-refractivity contribution in [1.82, 2.24) is 4.98 Å². The van der Waals surface area contributed by atoms with E-state index in [2.05, 4.69) is 63.4 Å². The summed E-state index contributed by atoms with van der Waals surface area (Å²) in [6.45, 7) is 5.89. The summed E-state index contributed by atoms with van der Waals surface area (Å²) in [6.07, 6.45) is 0. The average Bonchev–Trinajstić information content (AvgIpc) is 3.19. The first-order valence-corrected chi connectivity index (χ1v) is 10.7. The van der Waals surface area contributed by atoms with Gasteiger partial charge in [0, 0.05) is 30.9 Å². The molecule has 0 bridgehead atoms. The summed E-state index contributed by atoms with van der Waals surface area (Å²) in [7, 11) is 0. The van der Waals surface area contributed by atoms with Gasteiger partial charge in [-0.15, -0.1) is 10.2 Å². The number of fused-ring (bicyclic) bond motifs is 1. The molecule has 0 N–H and O–H groups in total. The Hall–Kier alpha value is -3.65. The second kappa shape index (κ2) is 9.01. The fourth-order valence-electron chi connectivity index (χ4n) is 3.29. The minimum absolute atomic E-state index is 0.0436. The lowest BCUT2D eigenvalue weighted by atomic mass is 10.1. The van der Waals surface area contributed by atoms with Crippen LogP contribution in [0.15, 0.2) is 77.0 Å². The lowest BCUT2D eigenvalue weighted by Crippen LogP contribution is -2.21. The van der Waals surface area contributed by atoms with Crippen LogP contribution in [0.3, 0.4) is 0 Å². The molecule has 4 aromatic rings. The molecule has 4 rings (SSSR count). The van der Waals surface area contributed by atoms with Crippen LogP contribution >= 0.6 is 11.3 Å². The zero-order chi connectivity index (χ0) is 21.8. The minimum Gasteiger partial charge on any atom is -0.367 e. The van der Waals surface area contributed by atoms with Gasteiger partial charge in [0.25, 0.3) is 5.69 Å². The van der Waals surface area contributed by atoms with Gasteiger partial charge in [-0.1, -0.05) is 41.7 Å². The van der Waals surface area contributed by atoms with E-state index in [9.17, 15) is 10.1 Å². The van der Waals surface area contributed by atoms with Crippen LogP contribution < -0.4 is 4.90 Å². The molecule has 0 atom stereocenters. The predicted molar refractivity (Wildman–Crippen MR) is 125 cm³/mol. The summed E-state index contributed by atoms with van der Waals surface area (Å²) in [5.74, 6) is 0. The Morgan fingerprint density at radius 3 is 2.58 bits per heavy atom. The molecule has 1 heterocycles. The highest BCUT2D eigenvalue weighted by Gasteiger charge is 2.11. The van der Waals surface area contributed by atoms with Gasteiger partial charge in [-0.25, -0.2) is 4.98 Å². The first kappa shape index (κ1) is 20.6. The number of rotatable bonds is 7. The predicted octanol–water partition coefficient (Wildman–Crippen LogP) is 6.95. The van der Waals surface area contributed by atoms with Crippen LogP contribution in [0, 0.1) is 17.0 Å². The van der Waals surface area contributed by atoms with Crippen LogP contribution in [0.5, 0.6) is 0 Å². The maximum atomic E-state index is 10.9. The summed E-state index contributed by atoms with van der Waals surface area (Å²) in [4.78, 5) is 17.2. The van der Waals surface area contributed by atoms with Crippen LogP contribution in [0.2, 0.25) is 0 Å². The van der Waals surface area contributed by atoms with Crippen molar-refractivity contribution in [3.05, 3.63) is 88.0 Å². The summed E-state index contributed by atoms with van der Waals surface area (Å²) in [5, 5.41) is 20.0. The van der Waals surface area contributed by atoms with Gasteiger partial charge < -0.3 is 4.90 Å². The highest BCUT2D eigenvalue weighted by molar-refractivity contribution is 7.21. The average molecular weight is 432 g/mol. The standard InChI is InChI=1S/C23H21N5O2S/c1-3-27(15-17-7-5-4-6-8-17)18-9-11-20(16(2)13-18)25-26-23-24-21-12-10-19(28(29)30)14-22(21)31-23/h4-14H,3,15H2,1-2H3. The summed E-state index contributed by atoms with van der Waals surface area (Å²) >= 11 is 1.28. The molecule has 3 aromatic carbocycles. The number of benzene rings is 3. The van der Waals surface area contributed by atoms with Crippen LogP contribution in [0.4, 0.5) is 22.2 Å². The fourth-order valence-corrected chi connectivity index (χ4v) is 4.11. The molecule has 0 saturated carbocycles. The Morgan fingerprint density at radius 2 is 1.87 bits per heavy atom. The van der Waals surface area contributed by atoms with E-state index in [0.717, 1.165) is 34.7 Å². The van der Waals surface area contributed by atoms with Gasteiger partial charge in [-0.2, -0.15) is 0 Å². The molecule has 8 heteroatoms. The second-order valence-corrected chi connectivity index (χ2v) is 8.09. The van der Waals surface area contributed by atoms with E-state index in [4.69, 9.17) is 0 Å². The number of non-ortho nitro benzene ring substituents is 1. The molecule has 0 radical (unpaired) electrons. The number of aromatic nitrogens is 1. The van der Waals surface area contributed by atoms with E-state index in [1.807, 2.05) is 19.1 Å². The first-order valence-electron chi connectivity index (χ1n) is 9.89. The van der Waals surface area contributed by atoms with Gasteiger partial charge in [-0.3, -0.25) is 10.1 Å². The summed E-state index contributed by atoms with van der Waals surface area (Å²) in [5.41, 5.74) is 4.91. The number of aryl methyl sites for hydroxylation is 1. The van der Waals surface area contributed by atoms with Crippen molar-refractivity contribution < 1.29 is 4.92 Å². The highest BCUT2D eigenvalue weighted by atomic mass is 32.1. The minimum atomic E-state index is -0.414. The van der Waals surface area contributed by atoms with Gasteiger partial charge in [0.05, 0.1) is 20.8 Å². The molecule has 0 unspecified atom stereocenters. The third kappa shape index (κ3) is 4.75. The van der Waals surface area contributed by atoms with Crippen LogP contribution in [-0.4, -0.2) is 16.5 Å². The number of nitro benzene ring substituents is 1. The monoisotopic (exact) mass is 431 g/mol. The maximum absolute atomic E-state index is 10.9. The third-order valence-electron chi connectivity index (χ3n) is 4.96. The van der Waals surface area contributed by atoms with Crippen LogP contribution in [0.25, 0.3) is 10.2 Å². The van der Waals surface area contributed by atoms with Gasteiger partial charge in [0.15, 0.2) is 0 Å². The highest BCUT2D eigenvalue weighted by Crippen LogP contribution is 2.33. The van der Waals surface area contributed by atoms with Crippen molar-refractivity contribution in [2.45, 2.75) is 20.4 Å². The van der Waals surface area contributed by atoms with E-state index in [1.54, 1.807) is 6.07 Å². The maximum Gasteiger partial charge on any atom is 0.270 e. The van der Waals surface area contributed by atoms with Gasteiger partial charge in [0.2, 0.25) is 5.13 Å². The molecular formula is C23H21N5O2S. The van der Waals surface area contributed by atoms with E-state index in [1.165, 1.54) is 29.0 Å². The molecule has 0 fully saturated rings. The molecule has 0 spiro atoms.